The molecule has 0 aliphatic carbocycles. The summed E-state index contributed by atoms with van der Waals surface area (Å²) in [5.41, 5.74) is 6.44. The van der Waals surface area contributed by atoms with Crippen molar-refractivity contribution in [2.24, 2.45) is 12.1 Å². The molecule has 104 valence electrons. The number of nitriles is 1. The second-order valence-electron chi connectivity index (χ2n) is 4.60. The van der Waals surface area contributed by atoms with Gasteiger partial charge >= 0.3 is 0 Å². The van der Waals surface area contributed by atoms with Gasteiger partial charge in [0.1, 0.15) is 11.8 Å². The van der Waals surface area contributed by atoms with E-state index in [9.17, 15) is 0 Å². The zero-order valence-electron chi connectivity index (χ0n) is 11.7. The summed E-state index contributed by atoms with van der Waals surface area (Å²) in [7, 11) is 1.87. The number of anilines is 1. The highest BCUT2D eigenvalue weighted by molar-refractivity contribution is 7.22. The van der Waals surface area contributed by atoms with Gasteiger partial charge in [-0.2, -0.15) is 10.4 Å². The fourth-order valence-electron chi connectivity index (χ4n) is 2.04. The monoisotopic (exact) mass is 295 g/mol. The van der Waals surface area contributed by atoms with E-state index < -0.39 is 0 Å². The molecule has 0 saturated heterocycles. The van der Waals surface area contributed by atoms with Gasteiger partial charge in [0.05, 0.1) is 16.4 Å². The number of aromatic nitrogens is 2. The maximum absolute atomic E-state index is 9.00. The lowest BCUT2D eigenvalue weighted by Crippen LogP contribution is -1.95. The second-order valence-corrected chi connectivity index (χ2v) is 5.63. The van der Waals surface area contributed by atoms with Gasteiger partial charge in [-0.1, -0.05) is 23.5 Å². The Kier molecular flexibility index (Phi) is 3.42. The van der Waals surface area contributed by atoms with Crippen LogP contribution >= 0.6 is 11.3 Å². The molecule has 0 radical (unpaired) electrons. The third kappa shape index (κ3) is 2.51. The number of hydrazone groups is 1. The molecule has 5 nitrogen and oxygen atoms in total. The Morgan fingerprint density at radius 2 is 2.24 bits per heavy atom. The fourth-order valence-corrected chi connectivity index (χ4v) is 2.85. The van der Waals surface area contributed by atoms with Crippen molar-refractivity contribution in [1.29, 1.82) is 5.26 Å². The lowest BCUT2D eigenvalue weighted by atomic mass is 10.3. The summed E-state index contributed by atoms with van der Waals surface area (Å²) in [6.07, 6.45) is 1.71. The van der Waals surface area contributed by atoms with Gasteiger partial charge in [0, 0.05) is 18.3 Å². The Morgan fingerprint density at radius 1 is 1.43 bits per heavy atom. The van der Waals surface area contributed by atoms with Crippen LogP contribution in [0.15, 0.2) is 35.4 Å². The van der Waals surface area contributed by atoms with E-state index in [1.807, 2.05) is 48.9 Å². The van der Waals surface area contributed by atoms with E-state index in [1.165, 1.54) is 0 Å². The summed E-state index contributed by atoms with van der Waals surface area (Å²) >= 11 is 1.56. The molecule has 0 amide bonds. The highest BCUT2D eigenvalue weighted by Gasteiger charge is 2.06. The molecular formula is C15H13N5S. The normalized spacial score (nSPS) is 11.1. The van der Waals surface area contributed by atoms with Crippen LogP contribution < -0.4 is 5.43 Å². The van der Waals surface area contributed by atoms with Crippen LogP contribution in [-0.2, 0) is 7.05 Å². The molecule has 21 heavy (non-hydrogen) atoms. The first-order chi connectivity index (χ1) is 10.2. The molecule has 0 saturated carbocycles. The lowest BCUT2D eigenvalue weighted by Gasteiger charge is -1.97. The third-order valence-electron chi connectivity index (χ3n) is 3.35. The van der Waals surface area contributed by atoms with Crippen LogP contribution in [0.25, 0.3) is 10.2 Å². The first kappa shape index (κ1) is 13.3. The molecule has 3 aromatic rings. The van der Waals surface area contributed by atoms with Crippen molar-refractivity contribution >= 4 is 32.9 Å². The van der Waals surface area contributed by atoms with Gasteiger partial charge in [0.2, 0.25) is 5.13 Å². The Morgan fingerprint density at radius 3 is 2.95 bits per heavy atom. The molecular weight excluding hydrogens is 282 g/mol. The summed E-state index contributed by atoms with van der Waals surface area (Å²) in [6, 6.07) is 11.9. The lowest BCUT2D eigenvalue weighted by molar-refractivity contribution is 0.865. The smallest absolute Gasteiger partial charge is 0.204 e. The summed E-state index contributed by atoms with van der Waals surface area (Å²) < 4.78 is 2.97. The summed E-state index contributed by atoms with van der Waals surface area (Å²) in [6.45, 7) is 1.96. The van der Waals surface area contributed by atoms with E-state index >= 15 is 0 Å². The van der Waals surface area contributed by atoms with Crippen molar-refractivity contribution in [2.75, 3.05) is 5.43 Å². The molecule has 0 unspecified atom stereocenters. The van der Waals surface area contributed by atoms with Gasteiger partial charge in [0.15, 0.2) is 0 Å². The number of nitrogens with zero attached hydrogens (tertiary/aromatic N) is 4. The Hall–Kier alpha value is -2.65. The van der Waals surface area contributed by atoms with Crippen molar-refractivity contribution in [3.05, 3.63) is 47.3 Å². The van der Waals surface area contributed by atoms with Gasteiger partial charge < -0.3 is 4.57 Å². The number of rotatable bonds is 3. The van der Waals surface area contributed by atoms with E-state index in [1.54, 1.807) is 17.6 Å². The second kappa shape index (κ2) is 5.38. The van der Waals surface area contributed by atoms with Crippen LogP contribution in [0.4, 0.5) is 5.13 Å². The molecule has 2 heterocycles. The minimum atomic E-state index is 0.619. The van der Waals surface area contributed by atoms with Crippen molar-refractivity contribution in [1.82, 2.24) is 9.55 Å². The maximum Gasteiger partial charge on any atom is 0.204 e. The van der Waals surface area contributed by atoms with Gasteiger partial charge in [-0.05, 0) is 25.1 Å². The predicted octanol–water partition coefficient (Wildman–Crippen LogP) is 3.26. The molecule has 1 N–H and O–H groups in total. The van der Waals surface area contributed by atoms with Crippen LogP contribution in [-0.4, -0.2) is 15.8 Å². The van der Waals surface area contributed by atoms with Crippen LogP contribution in [0.3, 0.4) is 0 Å². The van der Waals surface area contributed by atoms with Crippen molar-refractivity contribution in [3.8, 4) is 6.07 Å². The zero-order chi connectivity index (χ0) is 14.8. The minimum absolute atomic E-state index is 0.619. The van der Waals surface area contributed by atoms with Gasteiger partial charge in [-0.25, -0.2) is 4.98 Å². The summed E-state index contributed by atoms with van der Waals surface area (Å²) in [4.78, 5) is 4.44. The average Bonchev–Trinajstić information content (AvgIpc) is 3.02. The number of nitrogens with one attached hydrogen (secondary N) is 1. The Bertz CT molecular complexity index is 833. The van der Waals surface area contributed by atoms with E-state index in [-0.39, 0.29) is 0 Å². The van der Waals surface area contributed by atoms with Gasteiger partial charge in [-0.3, -0.25) is 5.43 Å². The first-order valence-corrected chi connectivity index (χ1v) is 7.22. The van der Waals surface area contributed by atoms with E-state index in [0.29, 0.717) is 5.69 Å². The predicted molar refractivity (Wildman–Crippen MR) is 85.7 cm³/mol. The number of hydrogen-bond donors (Lipinski definition) is 1. The van der Waals surface area contributed by atoms with Crippen molar-refractivity contribution in [2.45, 2.75) is 6.92 Å². The molecule has 0 bridgehead atoms. The molecule has 0 fully saturated rings. The fraction of sp³-hybridized carbons (Fsp3) is 0.133. The van der Waals surface area contributed by atoms with E-state index in [0.717, 1.165) is 26.6 Å². The quantitative estimate of drug-likeness (QED) is 0.596. The van der Waals surface area contributed by atoms with Crippen LogP contribution in [0.5, 0.6) is 0 Å². The number of fused-ring (bicyclic) bond motifs is 1. The zero-order valence-corrected chi connectivity index (χ0v) is 12.5. The average molecular weight is 295 g/mol. The van der Waals surface area contributed by atoms with E-state index in [4.69, 9.17) is 5.26 Å². The first-order valence-electron chi connectivity index (χ1n) is 6.40. The van der Waals surface area contributed by atoms with Crippen LogP contribution in [0, 0.1) is 18.3 Å². The van der Waals surface area contributed by atoms with E-state index in [2.05, 4.69) is 21.6 Å². The molecule has 0 atom stereocenters. The molecule has 0 aliphatic heterocycles. The maximum atomic E-state index is 9.00. The number of hydrogen-bond acceptors (Lipinski definition) is 5. The highest BCUT2D eigenvalue weighted by Crippen LogP contribution is 2.25. The number of thiazole rings is 1. The number of benzene rings is 1. The molecule has 1 aromatic carbocycles. The molecule has 6 heteroatoms. The Labute approximate surface area is 126 Å². The highest BCUT2D eigenvalue weighted by atomic mass is 32.1. The van der Waals surface area contributed by atoms with Gasteiger partial charge in [-0.15, -0.1) is 0 Å². The van der Waals surface area contributed by atoms with Gasteiger partial charge in [0.25, 0.3) is 0 Å². The topological polar surface area (TPSA) is 66.0 Å². The summed E-state index contributed by atoms with van der Waals surface area (Å²) in [5, 5.41) is 14.0. The SMILES string of the molecule is Cc1c(/C=N\Nc2nc3ccccc3s2)cc(C#N)n1C. The van der Waals surface area contributed by atoms with Crippen molar-refractivity contribution < 1.29 is 0 Å². The largest absolute Gasteiger partial charge is 0.339 e. The standard InChI is InChI=1S/C15H13N5S/c1-10-11(7-12(8-16)20(10)2)9-17-19-15-18-13-5-3-4-6-14(13)21-15/h3-7,9H,1-2H3,(H,18,19)/b17-9-. The Balaban J connectivity index is 1.79. The third-order valence-corrected chi connectivity index (χ3v) is 4.29. The van der Waals surface area contributed by atoms with Crippen LogP contribution in [0.2, 0.25) is 0 Å². The minimum Gasteiger partial charge on any atom is -0.339 e. The molecule has 0 aliphatic rings. The molecule has 3 rings (SSSR count). The van der Waals surface area contributed by atoms with Crippen LogP contribution in [0.1, 0.15) is 17.0 Å². The molecule has 0 spiro atoms. The van der Waals surface area contributed by atoms with Crippen molar-refractivity contribution in [3.63, 3.8) is 0 Å². The summed E-state index contributed by atoms with van der Waals surface area (Å²) in [5.74, 6) is 0. The number of para-hydroxylation sites is 1. The molecule has 2 aromatic heterocycles.